The fraction of sp³-hybridized carbons (Fsp3) is 0.188. The van der Waals surface area contributed by atoms with Crippen LogP contribution in [0.2, 0.25) is 0 Å². The lowest BCUT2D eigenvalue weighted by molar-refractivity contribution is -0.142. The summed E-state index contributed by atoms with van der Waals surface area (Å²) < 4.78 is 93.4. The summed E-state index contributed by atoms with van der Waals surface area (Å²) in [5, 5.41) is 19.1. The standard InChI is InChI=1S/C16H12F5NO5S/c1-6-2-4-7(5-3-6)28(26,27)22-14(16(24)25)15(23)8-9(17)11(19)13(21)12(20)10(8)18/h2-5,14-15,22-23H,1H3,(H,24,25)/t14-,15+/m0/s1. The minimum Gasteiger partial charge on any atom is -0.480 e. The van der Waals surface area contributed by atoms with Gasteiger partial charge in [0.25, 0.3) is 0 Å². The molecule has 0 aliphatic rings. The lowest BCUT2D eigenvalue weighted by atomic mass is 10.0. The van der Waals surface area contributed by atoms with E-state index in [1.807, 2.05) is 0 Å². The maximum absolute atomic E-state index is 13.8. The van der Waals surface area contributed by atoms with Gasteiger partial charge in [0.15, 0.2) is 23.3 Å². The van der Waals surface area contributed by atoms with E-state index in [1.165, 1.54) is 16.9 Å². The SMILES string of the molecule is Cc1ccc(S(=O)(=O)N[C@H](C(=O)O)[C@H](O)c2c(F)c(F)c(F)c(F)c2F)cc1. The quantitative estimate of drug-likeness (QED) is 0.374. The zero-order valence-electron chi connectivity index (χ0n) is 13.9. The number of aliphatic hydroxyl groups excluding tert-OH is 1. The molecular formula is C16H12F5NO5S. The van der Waals surface area contributed by atoms with Gasteiger partial charge in [0, 0.05) is 0 Å². The molecule has 0 aliphatic carbocycles. The summed E-state index contributed by atoms with van der Waals surface area (Å²) >= 11 is 0. The van der Waals surface area contributed by atoms with Crippen molar-refractivity contribution >= 4 is 16.0 Å². The van der Waals surface area contributed by atoms with Crippen molar-refractivity contribution in [3.8, 4) is 0 Å². The van der Waals surface area contributed by atoms with Gasteiger partial charge in [0.1, 0.15) is 12.1 Å². The predicted molar refractivity (Wildman–Crippen MR) is 84.1 cm³/mol. The zero-order valence-corrected chi connectivity index (χ0v) is 14.7. The number of sulfonamides is 1. The number of hydrogen-bond acceptors (Lipinski definition) is 4. The topological polar surface area (TPSA) is 104 Å². The Morgan fingerprint density at radius 1 is 0.929 bits per heavy atom. The highest BCUT2D eigenvalue weighted by atomic mass is 32.2. The van der Waals surface area contributed by atoms with Crippen LogP contribution in [0.4, 0.5) is 22.0 Å². The summed E-state index contributed by atoms with van der Waals surface area (Å²) in [6, 6.07) is 2.25. The van der Waals surface area contributed by atoms with Crippen LogP contribution in [0, 0.1) is 36.0 Å². The fourth-order valence-electron chi connectivity index (χ4n) is 2.25. The average Bonchev–Trinajstić information content (AvgIpc) is 2.63. The van der Waals surface area contributed by atoms with Crippen LogP contribution in [-0.4, -0.2) is 30.6 Å². The van der Waals surface area contributed by atoms with Crippen molar-refractivity contribution in [2.75, 3.05) is 0 Å². The number of carboxylic acid groups (broad SMARTS) is 1. The van der Waals surface area contributed by atoms with Crippen LogP contribution in [-0.2, 0) is 14.8 Å². The Bertz CT molecular complexity index is 998. The van der Waals surface area contributed by atoms with E-state index in [2.05, 4.69) is 0 Å². The Morgan fingerprint density at radius 2 is 1.36 bits per heavy atom. The van der Waals surface area contributed by atoms with Gasteiger partial charge in [0.05, 0.1) is 10.5 Å². The number of halogens is 5. The van der Waals surface area contributed by atoms with Crippen LogP contribution < -0.4 is 4.72 Å². The van der Waals surface area contributed by atoms with E-state index >= 15 is 0 Å². The minimum absolute atomic E-state index is 0.450. The second-order valence-corrected chi connectivity index (χ2v) is 7.39. The molecule has 2 aromatic carbocycles. The third-order valence-electron chi connectivity index (χ3n) is 3.73. The van der Waals surface area contributed by atoms with Gasteiger partial charge >= 0.3 is 5.97 Å². The number of carboxylic acids is 1. The van der Waals surface area contributed by atoms with Gasteiger partial charge in [-0.2, -0.15) is 4.72 Å². The molecule has 152 valence electrons. The molecule has 0 spiro atoms. The van der Waals surface area contributed by atoms with Crippen LogP contribution in [0.1, 0.15) is 17.2 Å². The number of aryl methyl sites for hydroxylation is 1. The molecule has 0 saturated heterocycles. The molecule has 0 bridgehead atoms. The van der Waals surface area contributed by atoms with E-state index in [0.29, 0.717) is 5.56 Å². The van der Waals surface area contributed by atoms with Gasteiger partial charge in [-0.05, 0) is 19.1 Å². The van der Waals surface area contributed by atoms with E-state index in [1.54, 1.807) is 6.92 Å². The summed E-state index contributed by atoms with van der Waals surface area (Å²) in [6.45, 7) is 1.64. The van der Waals surface area contributed by atoms with E-state index in [9.17, 15) is 40.3 Å². The maximum Gasteiger partial charge on any atom is 0.324 e. The Labute approximate surface area is 155 Å². The molecule has 0 radical (unpaired) electrons. The largest absolute Gasteiger partial charge is 0.480 e. The smallest absolute Gasteiger partial charge is 0.324 e. The number of carbonyl (C=O) groups is 1. The Kier molecular flexibility index (Phi) is 6.06. The zero-order chi connectivity index (χ0) is 21.4. The van der Waals surface area contributed by atoms with Crippen molar-refractivity contribution in [3.05, 3.63) is 64.5 Å². The normalized spacial score (nSPS) is 14.0. The van der Waals surface area contributed by atoms with E-state index < -0.39 is 67.7 Å². The molecule has 0 amide bonds. The molecule has 28 heavy (non-hydrogen) atoms. The molecule has 12 heteroatoms. The van der Waals surface area contributed by atoms with Gasteiger partial charge in [-0.15, -0.1) is 0 Å². The van der Waals surface area contributed by atoms with Gasteiger partial charge in [-0.3, -0.25) is 4.79 Å². The van der Waals surface area contributed by atoms with Crippen LogP contribution >= 0.6 is 0 Å². The fourth-order valence-corrected chi connectivity index (χ4v) is 3.45. The summed E-state index contributed by atoms with van der Waals surface area (Å²) in [7, 11) is -4.63. The number of hydrogen-bond donors (Lipinski definition) is 3. The molecule has 2 rings (SSSR count). The van der Waals surface area contributed by atoms with E-state index in [4.69, 9.17) is 5.11 Å². The lowest BCUT2D eigenvalue weighted by Crippen LogP contribution is -2.45. The molecule has 2 aromatic rings. The summed E-state index contributed by atoms with van der Waals surface area (Å²) in [4.78, 5) is 10.9. The molecule has 2 atom stereocenters. The minimum atomic E-state index is -4.63. The van der Waals surface area contributed by atoms with Crippen LogP contribution in [0.3, 0.4) is 0 Å². The molecule has 0 saturated carbocycles. The number of aliphatic carboxylic acids is 1. The molecule has 0 fully saturated rings. The van der Waals surface area contributed by atoms with Crippen molar-refractivity contribution in [1.29, 1.82) is 0 Å². The van der Waals surface area contributed by atoms with Gasteiger partial charge in [0.2, 0.25) is 15.8 Å². The number of nitrogens with one attached hydrogen (secondary N) is 1. The molecule has 3 N–H and O–H groups in total. The first kappa shape index (κ1) is 21.7. The highest BCUT2D eigenvalue weighted by Crippen LogP contribution is 2.30. The van der Waals surface area contributed by atoms with Gasteiger partial charge < -0.3 is 10.2 Å². The Balaban J connectivity index is 2.51. The van der Waals surface area contributed by atoms with Crippen molar-refractivity contribution in [3.63, 3.8) is 0 Å². The third-order valence-corrected chi connectivity index (χ3v) is 5.19. The van der Waals surface area contributed by atoms with Crippen LogP contribution in [0.5, 0.6) is 0 Å². The van der Waals surface area contributed by atoms with E-state index in [0.717, 1.165) is 12.1 Å². The first-order valence-electron chi connectivity index (χ1n) is 7.39. The molecular weight excluding hydrogens is 413 g/mol. The number of aliphatic hydroxyl groups is 1. The summed E-state index contributed by atoms with van der Waals surface area (Å²) in [6.07, 6.45) is -2.93. The van der Waals surface area contributed by atoms with Gasteiger partial charge in [-0.1, -0.05) is 17.7 Å². The second kappa shape index (κ2) is 7.81. The van der Waals surface area contributed by atoms with Gasteiger partial charge in [-0.25, -0.2) is 30.4 Å². The molecule has 6 nitrogen and oxygen atoms in total. The van der Waals surface area contributed by atoms with Crippen molar-refractivity contribution in [1.82, 2.24) is 4.72 Å². The maximum atomic E-state index is 13.8. The van der Waals surface area contributed by atoms with Crippen molar-refractivity contribution in [2.45, 2.75) is 24.0 Å². The Morgan fingerprint density at radius 3 is 1.79 bits per heavy atom. The van der Waals surface area contributed by atoms with Crippen LogP contribution in [0.25, 0.3) is 0 Å². The third kappa shape index (κ3) is 3.98. The highest BCUT2D eigenvalue weighted by Gasteiger charge is 2.39. The molecule has 0 aromatic heterocycles. The first-order valence-corrected chi connectivity index (χ1v) is 8.88. The average molecular weight is 425 g/mol. The molecule has 0 unspecified atom stereocenters. The lowest BCUT2D eigenvalue weighted by Gasteiger charge is -2.22. The second-order valence-electron chi connectivity index (χ2n) is 5.68. The summed E-state index contributed by atoms with van der Waals surface area (Å²) in [5.41, 5.74) is -1.22. The van der Waals surface area contributed by atoms with E-state index in [-0.39, 0.29) is 0 Å². The number of benzene rings is 2. The Hall–Kier alpha value is -2.57. The predicted octanol–water partition coefficient (Wildman–Crippen LogP) is 2.16. The molecule has 0 heterocycles. The summed E-state index contributed by atoms with van der Waals surface area (Å²) in [5.74, 6) is -14.4. The van der Waals surface area contributed by atoms with Crippen LogP contribution in [0.15, 0.2) is 29.2 Å². The number of rotatable bonds is 6. The first-order chi connectivity index (χ1) is 12.9. The monoisotopic (exact) mass is 425 g/mol. The molecule has 0 aliphatic heterocycles. The highest BCUT2D eigenvalue weighted by molar-refractivity contribution is 7.89. The van der Waals surface area contributed by atoms with Crippen molar-refractivity contribution in [2.24, 2.45) is 0 Å². The van der Waals surface area contributed by atoms with Crippen molar-refractivity contribution < 1.29 is 45.4 Å².